The van der Waals surface area contributed by atoms with Crippen LogP contribution in [0.3, 0.4) is 0 Å². The molecule has 2 fully saturated rings. The molecule has 0 spiro atoms. The number of amides is 1. The Morgan fingerprint density at radius 3 is 2.24 bits per heavy atom. The second-order valence-electron chi connectivity index (χ2n) is 10.3. The molecule has 5 nitrogen and oxygen atoms in total. The molecule has 0 bridgehead atoms. The predicted octanol–water partition coefficient (Wildman–Crippen LogP) is 4.73. The van der Waals surface area contributed by atoms with Crippen molar-refractivity contribution in [2.75, 3.05) is 57.3 Å². The lowest BCUT2D eigenvalue weighted by Gasteiger charge is -2.40. The fourth-order valence-corrected chi connectivity index (χ4v) is 6.20. The van der Waals surface area contributed by atoms with E-state index in [4.69, 9.17) is 0 Å². The molecule has 3 aliphatic heterocycles. The minimum absolute atomic E-state index is 0.111. The van der Waals surface area contributed by atoms with Crippen LogP contribution in [0.5, 0.6) is 0 Å². The van der Waals surface area contributed by atoms with Crippen molar-refractivity contribution in [1.82, 2.24) is 14.7 Å². The van der Waals surface area contributed by atoms with Gasteiger partial charge >= 0.3 is 0 Å². The van der Waals surface area contributed by atoms with Gasteiger partial charge in [-0.15, -0.1) is 0 Å². The number of likely N-dealkylation sites (tertiary alicyclic amines) is 1. The standard InChI is InChI=1S/C30H32F2N4O/c31-23-6-9-25(10-7-23)36-28-11-8-24(32)20-26(28)27-21-34(13-12-29(27)36)15-14-33-16-18-35(19-17-33)30(37)22-4-2-1-3-5-22/h1-11,20,27,29H,12-19,21H2/t27-,29+/m0/s1. The Balaban J connectivity index is 1.07. The number of benzene rings is 3. The van der Waals surface area contributed by atoms with Crippen molar-refractivity contribution in [3.63, 3.8) is 0 Å². The summed E-state index contributed by atoms with van der Waals surface area (Å²) in [5, 5.41) is 0. The molecule has 2 atom stereocenters. The van der Waals surface area contributed by atoms with Crippen LogP contribution in [0.25, 0.3) is 0 Å². The summed E-state index contributed by atoms with van der Waals surface area (Å²) in [7, 11) is 0. The maximum atomic E-state index is 14.3. The summed E-state index contributed by atoms with van der Waals surface area (Å²) < 4.78 is 27.9. The van der Waals surface area contributed by atoms with Gasteiger partial charge in [0.2, 0.25) is 0 Å². The molecule has 0 radical (unpaired) electrons. The highest BCUT2D eigenvalue weighted by Crippen LogP contribution is 2.48. The van der Waals surface area contributed by atoms with Crippen LogP contribution in [-0.4, -0.2) is 79.0 Å². The zero-order chi connectivity index (χ0) is 25.4. The topological polar surface area (TPSA) is 30.0 Å². The molecule has 0 N–H and O–H groups in total. The third-order valence-electron chi connectivity index (χ3n) is 8.16. The molecule has 1 amide bonds. The second-order valence-corrected chi connectivity index (χ2v) is 10.3. The first-order valence-electron chi connectivity index (χ1n) is 13.2. The third kappa shape index (κ3) is 4.86. The Labute approximate surface area is 216 Å². The number of carbonyl (C=O) groups excluding carboxylic acids is 1. The van der Waals surface area contributed by atoms with Crippen LogP contribution in [0.1, 0.15) is 28.3 Å². The van der Waals surface area contributed by atoms with Crippen molar-refractivity contribution in [2.24, 2.45) is 0 Å². The zero-order valence-corrected chi connectivity index (χ0v) is 20.9. The van der Waals surface area contributed by atoms with E-state index in [-0.39, 0.29) is 29.5 Å². The van der Waals surface area contributed by atoms with Gasteiger partial charge in [-0.1, -0.05) is 18.2 Å². The van der Waals surface area contributed by atoms with E-state index in [0.717, 1.165) is 81.3 Å². The van der Waals surface area contributed by atoms with Crippen molar-refractivity contribution >= 4 is 17.3 Å². The van der Waals surface area contributed by atoms with Crippen LogP contribution in [-0.2, 0) is 0 Å². The molecule has 0 aromatic heterocycles. The number of hydrogen-bond acceptors (Lipinski definition) is 4. The lowest BCUT2D eigenvalue weighted by Crippen LogP contribution is -2.51. The number of piperidine rings is 1. The average Bonchev–Trinajstić information content (AvgIpc) is 3.25. The van der Waals surface area contributed by atoms with E-state index < -0.39 is 0 Å². The quantitative estimate of drug-likeness (QED) is 0.505. The van der Waals surface area contributed by atoms with Crippen molar-refractivity contribution in [3.05, 3.63) is 95.6 Å². The van der Waals surface area contributed by atoms with Gasteiger partial charge in [-0.25, -0.2) is 8.78 Å². The van der Waals surface area contributed by atoms with E-state index in [0.29, 0.717) is 0 Å². The lowest BCUT2D eigenvalue weighted by molar-refractivity contribution is 0.0615. The number of hydrogen-bond donors (Lipinski definition) is 0. The normalized spacial score (nSPS) is 22.1. The predicted molar refractivity (Wildman–Crippen MR) is 141 cm³/mol. The Hall–Kier alpha value is -3.29. The fraction of sp³-hybridized carbons (Fsp3) is 0.367. The zero-order valence-electron chi connectivity index (χ0n) is 20.9. The van der Waals surface area contributed by atoms with Crippen LogP contribution in [0.4, 0.5) is 20.2 Å². The maximum absolute atomic E-state index is 14.3. The molecular weight excluding hydrogens is 470 g/mol. The van der Waals surface area contributed by atoms with Gasteiger partial charge in [0.1, 0.15) is 11.6 Å². The van der Waals surface area contributed by atoms with E-state index in [1.807, 2.05) is 53.4 Å². The molecule has 0 unspecified atom stereocenters. The number of rotatable bonds is 5. The third-order valence-corrected chi connectivity index (χ3v) is 8.16. The smallest absolute Gasteiger partial charge is 0.253 e. The van der Waals surface area contributed by atoms with Crippen molar-refractivity contribution in [1.29, 1.82) is 0 Å². The highest BCUT2D eigenvalue weighted by molar-refractivity contribution is 5.94. The molecule has 3 aliphatic rings. The van der Waals surface area contributed by atoms with Gasteiger partial charge in [0, 0.05) is 81.3 Å². The van der Waals surface area contributed by atoms with Crippen LogP contribution < -0.4 is 4.90 Å². The van der Waals surface area contributed by atoms with Gasteiger partial charge < -0.3 is 14.7 Å². The summed E-state index contributed by atoms with van der Waals surface area (Å²) in [5.74, 6) is -0.137. The van der Waals surface area contributed by atoms with Gasteiger partial charge in [0.25, 0.3) is 5.91 Å². The largest absolute Gasteiger partial charge is 0.337 e. The first-order valence-corrected chi connectivity index (χ1v) is 13.2. The summed E-state index contributed by atoms with van der Waals surface area (Å²) in [6.07, 6.45) is 0.970. The highest BCUT2D eigenvalue weighted by atomic mass is 19.1. The van der Waals surface area contributed by atoms with Gasteiger partial charge in [-0.2, -0.15) is 0 Å². The SMILES string of the molecule is O=C(c1ccccc1)N1CCN(CCN2CC[C@@H]3[C@@H](C2)c2cc(F)ccc2N3c2ccc(F)cc2)CC1. The molecule has 0 aliphatic carbocycles. The average molecular weight is 503 g/mol. The number of nitrogens with zero attached hydrogens (tertiary/aromatic N) is 4. The fourth-order valence-electron chi connectivity index (χ4n) is 6.20. The first-order chi connectivity index (χ1) is 18.1. The van der Waals surface area contributed by atoms with Crippen LogP contribution in [0, 0.1) is 11.6 Å². The van der Waals surface area contributed by atoms with Gasteiger partial charge in [-0.05, 0) is 66.6 Å². The molecule has 2 saturated heterocycles. The number of halogens is 2. The second kappa shape index (κ2) is 10.2. The minimum atomic E-state index is -0.251. The van der Waals surface area contributed by atoms with Crippen LogP contribution in [0.2, 0.25) is 0 Å². The minimum Gasteiger partial charge on any atom is -0.337 e. The van der Waals surface area contributed by atoms with E-state index in [2.05, 4.69) is 14.7 Å². The molecule has 3 aromatic carbocycles. The highest BCUT2D eigenvalue weighted by Gasteiger charge is 2.42. The molecule has 3 aromatic rings. The van der Waals surface area contributed by atoms with Gasteiger partial charge in [-0.3, -0.25) is 9.69 Å². The van der Waals surface area contributed by atoms with Crippen LogP contribution >= 0.6 is 0 Å². The summed E-state index contributed by atoms with van der Waals surface area (Å²) in [4.78, 5) is 21.9. The monoisotopic (exact) mass is 502 g/mol. The van der Waals surface area contributed by atoms with E-state index in [1.54, 1.807) is 6.07 Å². The molecule has 6 rings (SSSR count). The first kappa shape index (κ1) is 24.1. The van der Waals surface area contributed by atoms with Crippen molar-refractivity contribution in [2.45, 2.75) is 18.4 Å². The number of anilines is 2. The molecule has 192 valence electrons. The molecule has 3 heterocycles. The van der Waals surface area contributed by atoms with E-state index in [9.17, 15) is 13.6 Å². The van der Waals surface area contributed by atoms with Crippen molar-refractivity contribution in [3.8, 4) is 0 Å². The Morgan fingerprint density at radius 2 is 1.49 bits per heavy atom. The molecule has 7 heteroatoms. The molecule has 37 heavy (non-hydrogen) atoms. The number of carbonyl (C=O) groups is 1. The van der Waals surface area contributed by atoms with Crippen molar-refractivity contribution < 1.29 is 13.6 Å². The van der Waals surface area contributed by atoms with E-state index in [1.165, 1.54) is 18.2 Å². The summed E-state index contributed by atoms with van der Waals surface area (Å²) in [6, 6.07) is 21.4. The van der Waals surface area contributed by atoms with Gasteiger partial charge in [0.05, 0.1) is 0 Å². The summed E-state index contributed by atoms with van der Waals surface area (Å²) in [5.41, 5.74) is 3.79. The lowest BCUT2D eigenvalue weighted by atomic mass is 9.89. The molecule has 0 saturated carbocycles. The Morgan fingerprint density at radius 1 is 0.784 bits per heavy atom. The van der Waals surface area contributed by atoms with E-state index >= 15 is 0 Å². The van der Waals surface area contributed by atoms with Crippen LogP contribution in [0.15, 0.2) is 72.8 Å². The Bertz CT molecular complexity index is 1240. The Kier molecular flexibility index (Phi) is 6.65. The molecular formula is C30H32F2N4O. The maximum Gasteiger partial charge on any atom is 0.253 e. The summed E-state index contributed by atoms with van der Waals surface area (Å²) in [6.45, 7) is 7.03. The van der Waals surface area contributed by atoms with Gasteiger partial charge in [0.15, 0.2) is 0 Å². The number of piperazine rings is 1. The summed E-state index contributed by atoms with van der Waals surface area (Å²) >= 11 is 0. The number of fused-ring (bicyclic) bond motifs is 3.